The Hall–Kier alpha value is -4.78. The van der Waals surface area contributed by atoms with Crippen LogP contribution in [0.25, 0.3) is 22.2 Å². The number of aryl methyl sites for hydroxylation is 1. The molecule has 7 nitrogen and oxygen atoms in total. The number of aromatic nitrogens is 3. The predicted octanol–water partition coefficient (Wildman–Crippen LogP) is 5.81. The summed E-state index contributed by atoms with van der Waals surface area (Å²) in [4.78, 5) is 37.4. The highest BCUT2D eigenvalue weighted by Gasteiger charge is 2.16. The number of pyridine rings is 2. The van der Waals surface area contributed by atoms with E-state index in [4.69, 9.17) is 0 Å². The van der Waals surface area contributed by atoms with Crippen LogP contribution in [0.2, 0.25) is 0 Å². The number of carbonyl (C=O) groups excluding carboxylic acids is 2. The van der Waals surface area contributed by atoms with Crippen molar-refractivity contribution < 1.29 is 9.59 Å². The molecule has 0 spiro atoms. The molecule has 3 aromatic heterocycles. The Kier molecular flexibility index (Phi) is 5.58. The zero-order chi connectivity index (χ0) is 23.5. The lowest BCUT2D eigenvalue weighted by atomic mass is 10.0. The van der Waals surface area contributed by atoms with Gasteiger partial charge in [0.05, 0.1) is 0 Å². The minimum atomic E-state index is -0.383. The molecule has 0 radical (unpaired) electrons. The number of rotatable bonds is 5. The number of urea groups is 1. The fraction of sp³-hybridized carbons (Fsp3) is 0.0370. The first-order valence-corrected chi connectivity index (χ1v) is 10.7. The lowest BCUT2D eigenvalue weighted by Gasteiger charge is -2.09. The van der Waals surface area contributed by atoms with E-state index in [1.165, 1.54) is 0 Å². The van der Waals surface area contributed by atoms with Crippen LogP contribution in [0.15, 0.2) is 91.5 Å². The third-order valence-corrected chi connectivity index (χ3v) is 5.46. The Morgan fingerprint density at radius 1 is 0.853 bits per heavy atom. The molecule has 0 atom stereocenters. The van der Waals surface area contributed by atoms with Crippen LogP contribution in [0.3, 0.4) is 0 Å². The molecule has 5 aromatic rings. The summed E-state index contributed by atoms with van der Waals surface area (Å²) >= 11 is 0. The average molecular weight is 447 g/mol. The minimum absolute atomic E-state index is 0.168. The first-order valence-electron chi connectivity index (χ1n) is 10.7. The van der Waals surface area contributed by atoms with Gasteiger partial charge in [0.25, 0.3) is 0 Å². The van der Waals surface area contributed by atoms with Crippen LogP contribution in [-0.4, -0.2) is 26.8 Å². The van der Waals surface area contributed by atoms with E-state index in [0.717, 1.165) is 22.1 Å². The van der Waals surface area contributed by atoms with Gasteiger partial charge in [0.15, 0.2) is 5.78 Å². The third-order valence-electron chi connectivity index (χ3n) is 5.46. The van der Waals surface area contributed by atoms with E-state index in [2.05, 4.69) is 25.6 Å². The molecule has 0 aliphatic rings. The van der Waals surface area contributed by atoms with Gasteiger partial charge in [-0.3, -0.25) is 9.78 Å². The van der Waals surface area contributed by atoms with Crippen LogP contribution in [0.1, 0.15) is 21.5 Å². The monoisotopic (exact) mass is 447 g/mol. The van der Waals surface area contributed by atoms with Crippen molar-refractivity contribution in [3.8, 4) is 11.1 Å². The maximum atomic E-state index is 13.3. The maximum absolute atomic E-state index is 13.3. The Morgan fingerprint density at radius 2 is 1.68 bits per heavy atom. The topological polar surface area (TPSA) is 99.8 Å². The van der Waals surface area contributed by atoms with Gasteiger partial charge in [-0.25, -0.2) is 9.78 Å². The summed E-state index contributed by atoms with van der Waals surface area (Å²) in [6.45, 7) is 1.98. The molecule has 34 heavy (non-hydrogen) atoms. The molecule has 5 rings (SSSR count). The smallest absolute Gasteiger partial charge is 0.323 e. The quantitative estimate of drug-likeness (QED) is 0.296. The normalized spacial score (nSPS) is 10.7. The van der Waals surface area contributed by atoms with Crippen LogP contribution < -0.4 is 10.6 Å². The lowest BCUT2D eigenvalue weighted by Crippen LogP contribution is -2.19. The number of nitrogens with zero attached hydrogens (tertiary/aromatic N) is 2. The van der Waals surface area contributed by atoms with E-state index in [1.54, 1.807) is 49.1 Å². The second-order valence-corrected chi connectivity index (χ2v) is 7.92. The molecule has 7 heteroatoms. The number of nitrogens with one attached hydrogen (secondary N) is 3. The van der Waals surface area contributed by atoms with E-state index in [-0.39, 0.29) is 11.8 Å². The van der Waals surface area contributed by atoms with Gasteiger partial charge in [0.2, 0.25) is 0 Å². The van der Waals surface area contributed by atoms with E-state index in [1.807, 2.05) is 49.4 Å². The van der Waals surface area contributed by atoms with Crippen LogP contribution in [0.5, 0.6) is 0 Å². The zero-order valence-electron chi connectivity index (χ0n) is 18.4. The van der Waals surface area contributed by atoms with Gasteiger partial charge in [-0.05, 0) is 43.3 Å². The molecule has 2 amide bonds. The molecular formula is C27H21N5O2. The average Bonchev–Trinajstić information content (AvgIpc) is 3.29. The molecule has 0 unspecified atom stereocenters. The molecule has 166 valence electrons. The highest BCUT2D eigenvalue weighted by atomic mass is 16.2. The third kappa shape index (κ3) is 4.40. The summed E-state index contributed by atoms with van der Waals surface area (Å²) < 4.78 is 0. The Balaban J connectivity index is 1.38. The molecule has 0 bridgehead atoms. The number of hydrogen-bond acceptors (Lipinski definition) is 4. The van der Waals surface area contributed by atoms with Gasteiger partial charge >= 0.3 is 6.03 Å². The molecule has 0 saturated heterocycles. The van der Waals surface area contributed by atoms with Crippen molar-refractivity contribution in [2.45, 2.75) is 6.92 Å². The second kappa shape index (κ2) is 8.99. The SMILES string of the molecule is Cc1ccc(NC(=O)Nc2cccc(C(=O)c3c[nH]c4ncc(-c5cccnc5)cc34)c2)cc1. The summed E-state index contributed by atoms with van der Waals surface area (Å²) in [5.74, 6) is -0.168. The van der Waals surface area contributed by atoms with Crippen LogP contribution in [-0.2, 0) is 0 Å². The van der Waals surface area contributed by atoms with Crippen molar-refractivity contribution in [1.82, 2.24) is 15.0 Å². The molecule has 3 heterocycles. The number of benzene rings is 2. The second-order valence-electron chi connectivity index (χ2n) is 7.92. The summed E-state index contributed by atoms with van der Waals surface area (Å²) in [6, 6.07) is 19.7. The maximum Gasteiger partial charge on any atom is 0.323 e. The van der Waals surface area contributed by atoms with Crippen molar-refractivity contribution in [3.05, 3.63) is 108 Å². The summed E-state index contributed by atoms with van der Waals surface area (Å²) in [6.07, 6.45) is 6.88. The number of carbonyl (C=O) groups is 2. The van der Waals surface area contributed by atoms with Gasteiger partial charge < -0.3 is 15.6 Å². The first-order chi connectivity index (χ1) is 16.6. The zero-order valence-corrected chi connectivity index (χ0v) is 18.4. The van der Waals surface area contributed by atoms with E-state index in [9.17, 15) is 9.59 Å². The summed E-state index contributed by atoms with van der Waals surface area (Å²) in [7, 11) is 0. The van der Waals surface area contributed by atoms with Gasteiger partial charge in [-0.15, -0.1) is 0 Å². The molecule has 0 saturated carbocycles. The highest BCUT2D eigenvalue weighted by molar-refractivity contribution is 6.16. The number of fused-ring (bicyclic) bond motifs is 1. The fourth-order valence-corrected chi connectivity index (χ4v) is 3.71. The number of aromatic amines is 1. The largest absolute Gasteiger partial charge is 0.345 e. The molecule has 0 aliphatic heterocycles. The van der Waals surface area contributed by atoms with Crippen molar-refractivity contribution in [2.75, 3.05) is 10.6 Å². The molecule has 3 N–H and O–H groups in total. The van der Waals surface area contributed by atoms with Gasteiger partial charge in [-0.1, -0.05) is 35.9 Å². The molecular weight excluding hydrogens is 426 g/mol. The molecule has 0 aliphatic carbocycles. The van der Waals surface area contributed by atoms with Crippen molar-refractivity contribution in [1.29, 1.82) is 0 Å². The summed E-state index contributed by atoms with van der Waals surface area (Å²) in [5, 5.41) is 6.29. The van der Waals surface area contributed by atoms with E-state index < -0.39 is 0 Å². The lowest BCUT2D eigenvalue weighted by molar-refractivity contribution is 0.104. The summed E-state index contributed by atoms with van der Waals surface area (Å²) in [5.41, 5.74) is 5.70. The number of hydrogen-bond donors (Lipinski definition) is 3. The number of ketones is 1. The van der Waals surface area contributed by atoms with Crippen LogP contribution >= 0.6 is 0 Å². The Morgan fingerprint density at radius 3 is 2.47 bits per heavy atom. The Bertz CT molecular complexity index is 1490. The first kappa shape index (κ1) is 21.1. The van der Waals surface area contributed by atoms with Gasteiger partial charge in [-0.2, -0.15) is 0 Å². The highest BCUT2D eigenvalue weighted by Crippen LogP contribution is 2.26. The molecule has 2 aromatic carbocycles. The number of H-pyrrole nitrogens is 1. The van der Waals surface area contributed by atoms with Crippen molar-refractivity contribution >= 4 is 34.2 Å². The fourth-order valence-electron chi connectivity index (χ4n) is 3.71. The standard InChI is InChI=1S/C27H21N5O2/c1-17-7-9-21(10-8-17)31-27(34)32-22-6-2-4-18(12-22)25(33)24-16-30-26-23(24)13-20(15-29-26)19-5-3-11-28-14-19/h2-16H,1H3,(H,29,30)(H2,31,32,34). The Labute approximate surface area is 195 Å². The van der Waals surface area contributed by atoms with Gasteiger partial charge in [0.1, 0.15) is 5.65 Å². The van der Waals surface area contributed by atoms with Crippen LogP contribution in [0.4, 0.5) is 16.2 Å². The van der Waals surface area contributed by atoms with Gasteiger partial charge in [0, 0.05) is 63.8 Å². The van der Waals surface area contributed by atoms with Crippen molar-refractivity contribution in [2.24, 2.45) is 0 Å². The minimum Gasteiger partial charge on any atom is -0.345 e. The van der Waals surface area contributed by atoms with Crippen molar-refractivity contribution in [3.63, 3.8) is 0 Å². The number of amides is 2. The van der Waals surface area contributed by atoms with E-state index in [0.29, 0.717) is 28.1 Å². The van der Waals surface area contributed by atoms with E-state index >= 15 is 0 Å². The number of anilines is 2. The predicted molar refractivity (Wildman–Crippen MR) is 133 cm³/mol. The van der Waals surface area contributed by atoms with Crippen LogP contribution in [0, 0.1) is 6.92 Å². The molecule has 0 fully saturated rings.